The zero-order valence-corrected chi connectivity index (χ0v) is 9.58. The van der Waals surface area contributed by atoms with Gasteiger partial charge in [-0.2, -0.15) is 0 Å². The molecule has 1 saturated carbocycles. The minimum absolute atomic E-state index is 0.0448. The van der Waals surface area contributed by atoms with Crippen molar-refractivity contribution in [3.05, 3.63) is 35.4 Å². The third-order valence-electron chi connectivity index (χ3n) is 3.24. The second-order valence-electron chi connectivity index (χ2n) is 4.38. The minimum atomic E-state index is -0.817. The lowest BCUT2D eigenvalue weighted by Gasteiger charge is -2.03. The molecule has 0 aromatic heterocycles. The van der Waals surface area contributed by atoms with Gasteiger partial charge in [-0.1, -0.05) is 12.1 Å². The fourth-order valence-electron chi connectivity index (χ4n) is 2.09. The number of esters is 1. The molecule has 0 heterocycles. The molecule has 2 rings (SSSR count). The van der Waals surface area contributed by atoms with Crippen molar-refractivity contribution in [3.8, 4) is 0 Å². The number of hydrogen-bond acceptors (Lipinski definition) is 2. The first-order chi connectivity index (χ1) is 8.13. The van der Waals surface area contributed by atoms with Gasteiger partial charge in [0.2, 0.25) is 0 Å². The van der Waals surface area contributed by atoms with Crippen LogP contribution in [0.5, 0.6) is 0 Å². The summed E-state index contributed by atoms with van der Waals surface area (Å²) in [5.74, 6) is -1.58. The predicted molar refractivity (Wildman–Crippen MR) is 58.3 cm³/mol. The molecule has 1 aliphatic carbocycles. The van der Waals surface area contributed by atoms with E-state index in [1.54, 1.807) is 6.07 Å². The summed E-state index contributed by atoms with van der Waals surface area (Å²) in [6.45, 7) is 0. The molecule has 4 heteroatoms. The highest BCUT2D eigenvalue weighted by Crippen LogP contribution is 2.42. The first-order valence-corrected chi connectivity index (χ1v) is 5.64. The zero-order valence-electron chi connectivity index (χ0n) is 9.58. The fraction of sp³-hybridized carbons (Fsp3) is 0.462. The first kappa shape index (κ1) is 12.0. The number of hydrogen-bond donors (Lipinski definition) is 0. The topological polar surface area (TPSA) is 26.3 Å². The molecular weight excluding hydrogens is 226 g/mol. The van der Waals surface area contributed by atoms with Gasteiger partial charge in [-0.25, -0.2) is 8.78 Å². The molecule has 1 aliphatic rings. The monoisotopic (exact) mass is 240 g/mol. The highest BCUT2D eigenvalue weighted by atomic mass is 19.2. The molecule has 0 radical (unpaired) electrons. The summed E-state index contributed by atoms with van der Waals surface area (Å²) in [5.41, 5.74) is 0.375. The van der Waals surface area contributed by atoms with E-state index >= 15 is 0 Å². The van der Waals surface area contributed by atoms with Crippen LogP contribution in [0.15, 0.2) is 18.2 Å². The molecule has 17 heavy (non-hydrogen) atoms. The molecule has 0 aliphatic heterocycles. The lowest BCUT2D eigenvalue weighted by Crippen LogP contribution is -2.05. The van der Waals surface area contributed by atoms with Crippen molar-refractivity contribution in [2.75, 3.05) is 7.11 Å². The maximum atomic E-state index is 13.3. The molecule has 2 unspecified atom stereocenters. The van der Waals surface area contributed by atoms with Crippen LogP contribution in [-0.4, -0.2) is 13.1 Å². The van der Waals surface area contributed by atoms with E-state index in [2.05, 4.69) is 4.74 Å². The van der Waals surface area contributed by atoms with Crippen LogP contribution >= 0.6 is 0 Å². The summed E-state index contributed by atoms with van der Waals surface area (Å²) in [7, 11) is 1.37. The second-order valence-corrected chi connectivity index (χ2v) is 4.38. The van der Waals surface area contributed by atoms with Crippen LogP contribution in [0.1, 0.15) is 18.4 Å². The highest BCUT2D eigenvalue weighted by Gasteiger charge is 2.43. The average molecular weight is 240 g/mol. The number of benzene rings is 1. The van der Waals surface area contributed by atoms with Crippen LogP contribution in [0.2, 0.25) is 0 Å². The Kier molecular flexibility index (Phi) is 3.41. The Bertz CT molecular complexity index is 431. The Morgan fingerprint density at radius 2 is 2.24 bits per heavy atom. The van der Waals surface area contributed by atoms with Gasteiger partial charge in [-0.3, -0.25) is 4.79 Å². The van der Waals surface area contributed by atoms with E-state index in [9.17, 15) is 13.6 Å². The molecule has 0 amide bonds. The Morgan fingerprint density at radius 1 is 1.47 bits per heavy atom. The minimum Gasteiger partial charge on any atom is -0.469 e. The molecule has 0 bridgehead atoms. The van der Waals surface area contributed by atoms with Crippen molar-refractivity contribution in [2.24, 2.45) is 11.8 Å². The van der Waals surface area contributed by atoms with Gasteiger partial charge in [-0.05, 0) is 36.8 Å². The molecule has 0 N–H and O–H groups in total. The number of carbonyl (C=O) groups excluding carboxylic acids is 1. The molecule has 1 aromatic carbocycles. The number of rotatable bonds is 4. The molecule has 92 valence electrons. The molecule has 0 spiro atoms. The summed E-state index contributed by atoms with van der Waals surface area (Å²) in [6.07, 6.45) is 1.95. The van der Waals surface area contributed by atoms with Crippen LogP contribution in [0, 0.1) is 23.5 Å². The largest absolute Gasteiger partial charge is 0.469 e. The van der Waals surface area contributed by atoms with Crippen molar-refractivity contribution in [2.45, 2.75) is 19.3 Å². The van der Waals surface area contributed by atoms with Gasteiger partial charge in [0, 0.05) is 0 Å². The molecule has 0 saturated heterocycles. The zero-order chi connectivity index (χ0) is 12.4. The van der Waals surface area contributed by atoms with Crippen LogP contribution in [-0.2, 0) is 16.0 Å². The summed E-state index contributed by atoms with van der Waals surface area (Å²) >= 11 is 0. The van der Waals surface area contributed by atoms with E-state index in [0.29, 0.717) is 18.4 Å². The Balaban J connectivity index is 1.88. The highest BCUT2D eigenvalue weighted by molar-refractivity contribution is 5.75. The molecule has 2 nitrogen and oxygen atoms in total. The Morgan fingerprint density at radius 3 is 2.94 bits per heavy atom. The maximum Gasteiger partial charge on any atom is 0.308 e. The van der Waals surface area contributed by atoms with Crippen molar-refractivity contribution in [3.63, 3.8) is 0 Å². The van der Waals surface area contributed by atoms with E-state index < -0.39 is 11.6 Å². The number of methoxy groups -OCH3 is 1. The Labute approximate surface area is 98.6 Å². The number of aryl methyl sites for hydroxylation is 1. The lowest BCUT2D eigenvalue weighted by atomic mass is 10.1. The summed E-state index contributed by atoms with van der Waals surface area (Å²) in [4.78, 5) is 11.2. The van der Waals surface area contributed by atoms with Crippen LogP contribution in [0.3, 0.4) is 0 Å². The van der Waals surface area contributed by atoms with Gasteiger partial charge in [0.05, 0.1) is 13.0 Å². The van der Waals surface area contributed by atoms with Gasteiger partial charge in [-0.15, -0.1) is 0 Å². The van der Waals surface area contributed by atoms with Gasteiger partial charge >= 0.3 is 5.97 Å². The summed E-state index contributed by atoms with van der Waals surface area (Å²) < 4.78 is 30.9. The quantitative estimate of drug-likeness (QED) is 0.756. The van der Waals surface area contributed by atoms with Crippen molar-refractivity contribution >= 4 is 5.97 Å². The van der Waals surface area contributed by atoms with Gasteiger partial charge < -0.3 is 4.74 Å². The normalized spacial score (nSPS) is 22.3. The third-order valence-corrected chi connectivity index (χ3v) is 3.24. The summed E-state index contributed by atoms with van der Waals surface area (Å²) in [6, 6.07) is 4.18. The van der Waals surface area contributed by atoms with E-state index in [0.717, 1.165) is 12.5 Å². The van der Waals surface area contributed by atoms with Crippen molar-refractivity contribution in [1.82, 2.24) is 0 Å². The number of ether oxygens (including phenoxy) is 1. The third kappa shape index (κ3) is 2.62. The maximum absolute atomic E-state index is 13.3. The van der Waals surface area contributed by atoms with E-state index in [1.165, 1.54) is 13.2 Å². The first-order valence-electron chi connectivity index (χ1n) is 5.64. The standard InChI is InChI=1S/C13H14F2O2/c1-17-13(16)10-7-9(10)6-5-8-3-2-4-11(14)12(8)15/h2-4,9-10H,5-7H2,1H3. The SMILES string of the molecule is COC(=O)C1CC1CCc1cccc(F)c1F. The molecule has 1 aromatic rings. The van der Waals surface area contributed by atoms with Crippen LogP contribution < -0.4 is 0 Å². The summed E-state index contributed by atoms with van der Waals surface area (Å²) in [5, 5.41) is 0. The number of carbonyl (C=O) groups is 1. The van der Waals surface area contributed by atoms with Gasteiger partial charge in [0.15, 0.2) is 11.6 Å². The smallest absolute Gasteiger partial charge is 0.308 e. The molecular formula is C13H14F2O2. The molecule has 2 atom stereocenters. The molecule has 1 fully saturated rings. The fourth-order valence-corrected chi connectivity index (χ4v) is 2.09. The van der Waals surface area contributed by atoms with Gasteiger partial charge in [0.25, 0.3) is 0 Å². The van der Waals surface area contributed by atoms with Crippen molar-refractivity contribution in [1.29, 1.82) is 0 Å². The van der Waals surface area contributed by atoms with Gasteiger partial charge in [0.1, 0.15) is 0 Å². The van der Waals surface area contributed by atoms with E-state index in [-0.39, 0.29) is 17.8 Å². The van der Waals surface area contributed by atoms with E-state index in [4.69, 9.17) is 0 Å². The van der Waals surface area contributed by atoms with Crippen molar-refractivity contribution < 1.29 is 18.3 Å². The number of halogens is 2. The second kappa shape index (κ2) is 4.82. The predicted octanol–water partition coefficient (Wildman–Crippen LogP) is 2.71. The van der Waals surface area contributed by atoms with Crippen LogP contribution in [0.25, 0.3) is 0 Å². The lowest BCUT2D eigenvalue weighted by molar-refractivity contribution is -0.142. The van der Waals surface area contributed by atoms with Crippen LogP contribution in [0.4, 0.5) is 8.78 Å². The van der Waals surface area contributed by atoms with E-state index in [1.807, 2.05) is 0 Å². The Hall–Kier alpha value is -1.45. The average Bonchev–Trinajstić information content (AvgIpc) is 3.09.